The van der Waals surface area contributed by atoms with Gasteiger partial charge in [0.2, 0.25) is 0 Å². The second-order valence-corrected chi connectivity index (χ2v) is 5.04. The van der Waals surface area contributed by atoms with E-state index in [0.717, 1.165) is 11.1 Å². The van der Waals surface area contributed by atoms with E-state index in [9.17, 15) is 14.7 Å². The molecule has 0 saturated carbocycles. The Morgan fingerprint density at radius 1 is 1.19 bits per heavy atom. The first-order valence-electron chi connectivity index (χ1n) is 6.72. The van der Waals surface area contributed by atoms with E-state index in [1.807, 2.05) is 37.3 Å². The molecule has 0 radical (unpaired) electrons. The second kappa shape index (κ2) is 6.26. The van der Waals surface area contributed by atoms with E-state index in [1.54, 1.807) is 19.3 Å². The molecule has 0 spiro atoms. The number of nitrogens with one attached hydrogen (secondary N) is 2. The molecule has 21 heavy (non-hydrogen) atoms. The summed E-state index contributed by atoms with van der Waals surface area (Å²) in [5.74, 6) is -1.96. The van der Waals surface area contributed by atoms with E-state index >= 15 is 0 Å². The van der Waals surface area contributed by atoms with Gasteiger partial charge < -0.3 is 15.4 Å². The zero-order valence-corrected chi connectivity index (χ0v) is 12.0. The molecule has 1 amide bonds. The predicted octanol–water partition coefficient (Wildman–Crippen LogP) is 2.51. The number of carbonyl (C=O) groups is 2. The minimum absolute atomic E-state index is 0.282. The number of benzene rings is 1. The Bertz CT molecular complexity index is 634. The summed E-state index contributed by atoms with van der Waals surface area (Å²) >= 11 is 0. The lowest BCUT2D eigenvalue weighted by atomic mass is 9.94. The molecular weight excluding hydrogens is 268 g/mol. The van der Waals surface area contributed by atoms with Gasteiger partial charge in [0, 0.05) is 12.4 Å². The van der Waals surface area contributed by atoms with Crippen LogP contribution in [-0.2, 0) is 4.79 Å². The van der Waals surface area contributed by atoms with Crippen LogP contribution < -0.4 is 5.32 Å². The second-order valence-electron chi connectivity index (χ2n) is 5.04. The number of hydrogen-bond acceptors (Lipinski definition) is 2. The van der Waals surface area contributed by atoms with E-state index in [-0.39, 0.29) is 5.91 Å². The summed E-state index contributed by atoms with van der Waals surface area (Å²) in [6.07, 6.45) is 3.34. The lowest BCUT2D eigenvalue weighted by Crippen LogP contribution is -2.35. The number of aryl methyl sites for hydroxylation is 1. The molecule has 1 heterocycles. The minimum Gasteiger partial charge on any atom is -0.481 e. The van der Waals surface area contributed by atoms with Crippen molar-refractivity contribution in [3.05, 3.63) is 59.4 Å². The lowest BCUT2D eigenvalue weighted by Gasteiger charge is -2.23. The number of hydrogen-bond donors (Lipinski definition) is 3. The van der Waals surface area contributed by atoms with Crippen LogP contribution in [0.3, 0.4) is 0 Å². The molecular formula is C16H18N2O3. The van der Waals surface area contributed by atoms with Gasteiger partial charge in [-0.15, -0.1) is 0 Å². The lowest BCUT2D eigenvalue weighted by molar-refractivity contribution is -0.142. The first-order chi connectivity index (χ1) is 10.0. The Hall–Kier alpha value is -2.56. The molecule has 5 nitrogen and oxygen atoms in total. The van der Waals surface area contributed by atoms with Gasteiger partial charge in [0.15, 0.2) is 0 Å². The Balaban J connectivity index is 2.27. The quantitative estimate of drug-likeness (QED) is 0.790. The molecule has 110 valence electrons. The Morgan fingerprint density at radius 3 is 2.38 bits per heavy atom. The highest BCUT2D eigenvalue weighted by molar-refractivity contribution is 5.96. The van der Waals surface area contributed by atoms with Crippen molar-refractivity contribution in [3.63, 3.8) is 0 Å². The summed E-state index contributed by atoms with van der Waals surface area (Å²) in [5.41, 5.74) is 2.12. The summed E-state index contributed by atoms with van der Waals surface area (Å²) < 4.78 is 0. The van der Waals surface area contributed by atoms with E-state index in [2.05, 4.69) is 10.3 Å². The van der Waals surface area contributed by atoms with Crippen molar-refractivity contribution in [2.45, 2.75) is 19.9 Å². The van der Waals surface area contributed by atoms with Gasteiger partial charge in [-0.3, -0.25) is 9.59 Å². The van der Waals surface area contributed by atoms with Crippen LogP contribution in [0.15, 0.2) is 42.7 Å². The molecule has 1 aromatic carbocycles. The summed E-state index contributed by atoms with van der Waals surface area (Å²) in [6.45, 7) is 3.41. The van der Waals surface area contributed by atoms with Gasteiger partial charge in [0.1, 0.15) is 0 Å². The number of rotatable bonds is 5. The molecule has 1 aromatic heterocycles. The third-order valence-corrected chi connectivity index (χ3v) is 3.53. The fraction of sp³-hybridized carbons (Fsp3) is 0.250. The third-order valence-electron chi connectivity index (χ3n) is 3.53. The largest absolute Gasteiger partial charge is 0.481 e. The van der Waals surface area contributed by atoms with E-state index in [4.69, 9.17) is 0 Å². The molecule has 2 aromatic rings. The zero-order chi connectivity index (χ0) is 15.4. The fourth-order valence-electron chi connectivity index (χ4n) is 2.21. The zero-order valence-electron chi connectivity index (χ0n) is 12.0. The Kier molecular flexibility index (Phi) is 4.42. The molecule has 3 N–H and O–H groups in total. The maximum atomic E-state index is 12.3. The monoisotopic (exact) mass is 286 g/mol. The van der Waals surface area contributed by atoms with Crippen LogP contribution in [0.1, 0.15) is 34.5 Å². The van der Waals surface area contributed by atoms with Gasteiger partial charge in [0.25, 0.3) is 5.91 Å². The fourth-order valence-corrected chi connectivity index (χ4v) is 2.21. The SMILES string of the molecule is Cc1c[nH]cc1C(=O)NC(c1ccccc1)C(C)C(=O)O. The number of amides is 1. The van der Waals surface area contributed by atoms with Crippen LogP contribution in [0.5, 0.6) is 0 Å². The number of aromatic amines is 1. The molecule has 0 saturated heterocycles. The highest BCUT2D eigenvalue weighted by Crippen LogP contribution is 2.23. The molecule has 2 rings (SSSR count). The first-order valence-corrected chi connectivity index (χ1v) is 6.72. The standard InChI is InChI=1S/C16H18N2O3/c1-10-8-17-9-13(10)15(19)18-14(11(2)16(20)21)12-6-4-3-5-7-12/h3-9,11,14,17H,1-2H3,(H,18,19)(H,20,21). The summed E-state index contributed by atoms with van der Waals surface area (Å²) in [6, 6.07) is 8.55. The van der Waals surface area contributed by atoms with Crippen LogP contribution in [0.25, 0.3) is 0 Å². The summed E-state index contributed by atoms with van der Waals surface area (Å²) in [5, 5.41) is 12.1. The van der Waals surface area contributed by atoms with Crippen molar-refractivity contribution < 1.29 is 14.7 Å². The number of aliphatic carboxylic acids is 1. The summed E-state index contributed by atoms with van der Waals surface area (Å²) in [7, 11) is 0. The smallest absolute Gasteiger partial charge is 0.308 e. The van der Waals surface area contributed by atoms with E-state index in [1.165, 1.54) is 0 Å². The molecule has 0 aliphatic carbocycles. The van der Waals surface area contributed by atoms with Gasteiger partial charge in [-0.25, -0.2) is 0 Å². The minimum atomic E-state index is -0.949. The molecule has 0 aliphatic rings. The van der Waals surface area contributed by atoms with Gasteiger partial charge >= 0.3 is 5.97 Å². The normalized spacial score (nSPS) is 13.4. The topological polar surface area (TPSA) is 82.2 Å². The average Bonchev–Trinajstić information content (AvgIpc) is 2.91. The van der Waals surface area contributed by atoms with Crippen LogP contribution in [0.2, 0.25) is 0 Å². The predicted molar refractivity (Wildman–Crippen MR) is 79.0 cm³/mol. The van der Waals surface area contributed by atoms with Gasteiger partial charge in [-0.1, -0.05) is 30.3 Å². The maximum absolute atomic E-state index is 12.3. The third kappa shape index (κ3) is 3.31. The number of carboxylic acid groups (broad SMARTS) is 1. The van der Waals surface area contributed by atoms with Gasteiger partial charge in [0.05, 0.1) is 17.5 Å². The van der Waals surface area contributed by atoms with E-state index < -0.39 is 17.9 Å². The number of H-pyrrole nitrogens is 1. The molecule has 5 heteroatoms. The molecule has 0 aliphatic heterocycles. The van der Waals surface area contributed by atoms with Crippen molar-refractivity contribution in [3.8, 4) is 0 Å². The first kappa shape index (κ1) is 14.8. The molecule has 2 atom stereocenters. The van der Waals surface area contributed by atoms with Crippen LogP contribution >= 0.6 is 0 Å². The highest BCUT2D eigenvalue weighted by atomic mass is 16.4. The number of aromatic nitrogens is 1. The van der Waals surface area contributed by atoms with E-state index in [0.29, 0.717) is 5.56 Å². The van der Waals surface area contributed by atoms with Crippen LogP contribution in [0.4, 0.5) is 0 Å². The summed E-state index contributed by atoms with van der Waals surface area (Å²) in [4.78, 5) is 26.5. The Morgan fingerprint density at radius 2 is 1.86 bits per heavy atom. The van der Waals surface area contributed by atoms with Crippen LogP contribution in [0, 0.1) is 12.8 Å². The van der Waals surface area contributed by atoms with Crippen molar-refractivity contribution in [1.82, 2.24) is 10.3 Å². The van der Waals surface area contributed by atoms with Crippen molar-refractivity contribution >= 4 is 11.9 Å². The maximum Gasteiger partial charge on any atom is 0.308 e. The Labute approximate surface area is 123 Å². The van der Waals surface area contributed by atoms with Crippen molar-refractivity contribution in [1.29, 1.82) is 0 Å². The highest BCUT2D eigenvalue weighted by Gasteiger charge is 2.27. The molecule has 0 bridgehead atoms. The van der Waals surface area contributed by atoms with Crippen molar-refractivity contribution in [2.24, 2.45) is 5.92 Å². The molecule has 0 fully saturated rings. The number of carbonyl (C=O) groups excluding carboxylic acids is 1. The number of carboxylic acids is 1. The molecule has 2 unspecified atom stereocenters. The van der Waals surface area contributed by atoms with Gasteiger partial charge in [-0.05, 0) is 25.0 Å². The van der Waals surface area contributed by atoms with Crippen molar-refractivity contribution in [2.75, 3.05) is 0 Å². The van der Waals surface area contributed by atoms with Crippen LogP contribution in [-0.4, -0.2) is 22.0 Å². The van der Waals surface area contributed by atoms with Gasteiger partial charge in [-0.2, -0.15) is 0 Å². The average molecular weight is 286 g/mol.